The minimum atomic E-state index is -3.44. The Hall–Kier alpha value is -3.12. The first-order valence-corrected chi connectivity index (χ1v) is 11.1. The predicted octanol–water partition coefficient (Wildman–Crippen LogP) is 4.19. The summed E-state index contributed by atoms with van der Waals surface area (Å²) in [5, 5.41) is 3.08. The van der Waals surface area contributed by atoms with Gasteiger partial charge in [0.25, 0.3) is 5.91 Å². The van der Waals surface area contributed by atoms with E-state index in [1.807, 2.05) is 61.5 Å². The van der Waals surface area contributed by atoms with Crippen molar-refractivity contribution in [3.8, 4) is 0 Å². The number of hydrogen-bond acceptors (Lipinski definition) is 3. The van der Waals surface area contributed by atoms with Crippen molar-refractivity contribution in [1.82, 2.24) is 5.32 Å². The van der Waals surface area contributed by atoms with E-state index in [1.165, 1.54) is 0 Å². The second-order valence-corrected chi connectivity index (χ2v) is 8.88. The Labute approximate surface area is 171 Å². The second kappa shape index (κ2) is 8.49. The average molecular weight is 409 g/mol. The van der Waals surface area contributed by atoms with Crippen LogP contribution in [-0.4, -0.2) is 20.6 Å². The number of aryl methyl sites for hydroxylation is 2. The normalized spacial score (nSPS) is 12.2. The SMILES string of the molecule is Cc1ccc([C@@H](NC(=O)c2ccc(C)c(NS(C)(=O)=O)c2)c2ccccc2)cc1. The molecule has 6 heteroatoms. The van der Waals surface area contributed by atoms with E-state index in [1.54, 1.807) is 25.1 Å². The second-order valence-electron chi connectivity index (χ2n) is 7.13. The number of anilines is 1. The Bertz CT molecular complexity index is 1110. The fraction of sp³-hybridized carbons (Fsp3) is 0.174. The van der Waals surface area contributed by atoms with Crippen LogP contribution in [0, 0.1) is 13.8 Å². The highest BCUT2D eigenvalue weighted by Gasteiger charge is 2.18. The van der Waals surface area contributed by atoms with Gasteiger partial charge in [-0.3, -0.25) is 9.52 Å². The van der Waals surface area contributed by atoms with Gasteiger partial charge in [0.1, 0.15) is 0 Å². The van der Waals surface area contributed by atoms with Crippen LogP contribution in [0.2, 0.25) is 0 Å². The van der Waals surface area contributed by atoms with Crippen molar-refractivity contribution in [3.63, 3.8) is 0 Å². The summed E-state index contributed by atoms with van der Waals surface area (Å²) in [6, 6.07) is 22.4. The topological polar surface area (TPSA) is 75.3 Å². The zero-order valence-corrected chi connectivity index (χ0v) is 17.5. The van der Waals surface area contributed by atoms with Gasteiger partial charge in [-0.25, -0.2) is 8.42 Å². The standard InChI is InChI=1S/C23H24N2O3S/c1-16-9-12-19(13-10-16)22(18-7-5-4-6-8-18)24-23(26)20-14-11-17(2)21(15-20)25-29(3,27)28/h4-15,22,25H,1-3H3,(H,24,26)/t22-/m0/s1. The van der Waals surface area contributed by atoms with Crippen molar-refractivity contribution in [3.05, 3.63) is 101 Å². The fourth-order valence-electron chi connectivity index (χ4n) is 3.05. The number of benzene rings is 3. The summed E-state index contributed by atoms with van der Waals surface area (Å²) in [6.07, 6.45) is 1.09. The maximum Gasteiger partial charge on any atom is 0.252 e. The first-order chi connectivity index (χ1) is 13.7. The predicted molar refractivity (Wildman–Crippen MR) is 117 cm³/mol. The Morgan fingerprint density at radius 2 is 1.48 bits per heavy atom. The summed E-state index contributed by atoms with van der Waals surface area (Å²) in [5.41, 5.74) is 4.59. The van der Waals surface area contributed by atoms with Gasteiger partial charge in [0.15, 0.2) is 0 Å². The molecule has 29 heavy (non-hydrogen) atoms. The van der Waals surface area contributed by atoms with Crippen molar-refractivity contribution < 1.29 is 13.2 Å². The Kier molecular flexibility index (Phi) is 6.03. The molecule has 0 bridgehead atoms. The molecule has 0 aromatic heterocycles. The van der Waals surface area contributed by atoms with Gasteiger partial charge < -0.3 is 5.32 Å². The number of hydrogen-bond donors (Lipinski definition) is 2. The quantitative estimate of drug-likeness (QED) is 0.642. The summed E-state index contributed by atoms with van der Waals surface area (Å²) < 4.78 is 25.7. The molecular weight excluding hydrogens is 384 g/mol. The highest BCUT2D eigenvalue weighted by Crippen LogP contribution is 2.24. The van der Waals surface area contributed by atoms with Gasteiger partial charge in [-0.15, -0.1) is 0 Å². The molecule has 0 heterocycles. The molecule has 0 unspecified atom stereocenters. The molecule has 3 aromatic carbocycles. The summed E-state index contributed by atoms with van der Waals surface area (Å²) in [4.78, 5) is 13.0. The third-order valence-electron chi connectivity index (χ3n) is 4.61. The van der Waals surface area contributed by atoms with Gasteiger partial charge >= 0.3 is 0 Å². The smallest absolute Gasteiger partial charge is 0.252 e. The van der Waals surface area contributed by atoms with Gasteiger partial charge in [0, 0.05) is 5.56 Å². The van der Waals surface area contributed by atoms with E-state index in [0.717, 1.165) is 28.5 Å². The molecule has 1 amide bonds. The number of nitrogens with one attached hydrogen (secondary N) is 2. The third-order valence-corrected chi connectivity index (χ3v) is 5.20. The Morgan fingerprint density at radius 3 is 2.10 bits per heavy atom. The van der Waals surface area contributed by atoms with Crippen molar-refractivity contribution in [2.24, 2.45) is 0 Å². The average Bonchev–Trinajstić information content (AvgIpc) is 2.68. The molecule has 0 aliphatic rings. The molecule has 0 fully saturated rings. The Balaban J connectivity index is 1.93. The lowest BCUT2D eigenvalue weighted by atomic mass is 9.97. The van der Waals surface area contributed by atoms with E-state index in [0.29, 0.717) is 11.3 Å². The zero-order valence-electron chi connectivity index (χ0n) is 16.6. The lowest BCUT2D eigenvalue weighted by molar-refractivity contribution is 0.0943. The lowest BCUT2D eigenvalue weighted by Crippen LogP contribution is -2.29. The van der Waals surface area contributed by atoms with E-state index < -0.39 is 10.0 Å². The van der Waals surface area contributed by atoms with Crippen LogP contribution in [0.25, 0.3) is 0 Å². The minimum Gasteiger partial charge on any atom is -0.341 e. The molecule has 0 aliphatic heterocycles. The minimum absolute atomic E-state index is 0.282. The molecule has 3 aromatic rings. The van der Waals surface area contributed by atoms with Crippen LogP contribution in [0.4, 0.5) is 5.69 Å². The van der Waals surface area contributed by atoms with Crippen molar-refractivity contribution >= 4 is 21.6 Å². The van der Waals surface area contributed by atoms with Crippen LogP contribution in [0.5, 0.6) is 0 Å². The van der Waals surface area contributed by atoms with E-state index in [4.69, 9.17) is 0 Å². The zero-order chi connectivity index (χ0) is 21.0. The Morgan fingerprint density at radius 1 is 0.862 bits per heavy atom. The number of amides is 1. The first-order valence-electron chi connectivity index (χ1n) is 9.24. The lowest BCUT2D eigenvalue weighted by Gasteiger charge is -2.20. The maximum absolute atomic E-state index is 13.0. The molecule has 0 spiro atoms. The maximum atomic E-state index is 13.0. The van der Waals surface area contributed by atoms with Crippen molar-refractivity contribution in [2.45, 2.75) is 19.9 Å². The highest BCUT2D eigenvalue weighted by molar-refractivity contribution is 7.92. The third kappa shape index (κ3) is 5.45. The van der Waals surface area contributed by atoms with Crippen LogP contribution in [0.1, 0.15) is 38.7 Å². The van der Waals surface area contributed by atoms with Gasteiger partial charge in [0.05, 0.1) is 18.0 Å². The molecule has 2 N–H and O–H groups in total. The molecular formula is C23H24N2O3S. The molecule has 0 aliphatic carbocycles. The van der Waals surface area contributed by atoms with Gasteiger partial charge in [-0.05, 0) is 42.7 Å². The van der Waals surface area contributed by atoms with Crippen molar-refractivity contribution in [2.75, 3.05) is 11.0 Å². The number of carbonyl (C=O) groups is 1. The molecule has 3 rings (SSSR count). The number of carbonyl (C=O) groups excluding carboxylic acids is 1. The summed E-state index contributed by atoms with van der Waals surface area (Å²) >= 11 is 0. The van der Waals surface area contributed by atoms with Gasteiger partial charge in [0.2, 0.25) is 10.0 Å². The van der Waals surface area contributed by atoms with Crippen LogP contribution >= 0.6 is 0 Å². The summed E-state index contributed by atoms with van der Waals surface area (Å²) in [6.45, 7) is 3.80. The monoisotopic (exact) mass is 408 g/mol. The van der Waals surface area contributed by atoms with Gasteiger partial charge in [-0.2, -0.15) is 0 Å². The van der Waals surface area contributed by atoms with Crippen LogP contribution < -0.4 is 10.0 Å². The van der Waals surface area contributed by atoms with Crippen molar-refractivity contribution in [1.29, 1.82) is 0 Å². The largest absolute Gasteiger partial charge is 0.341 e. The van der Waals surface area contributed by atoms with E-state index in [-0.39, 0.29) is 11.9 Å². The van der Waals surface area contributed by atoms with Gasteiger partial charge in [-0.1, -0.05) is 66.2 Å². The number of sulfonamides is 1. The van der Waals surface area contributed by atoms with Crippen LogP contribution in [0.3, 0.4) is 0 Å². The molecule has 0 radical (unpaired) electrons. The molecule has 1 atom stereocenters. The van der Waals surface area contributed by atoms with E-state index >= 15 is 0 Å². The van der Waals surface area contributed by atoms with Crippen LogP contribution in [0.15, 0.2) is 72.8 Å². The highest BCUT2D eigenvalue weighted by atomic mass is 32.2. The van der Waals surface area contributed by atoms with E-state index in [9.17, 15) is 13.2 Å². The molecule has 0 saturated heterocycles. The van der Waals surface area contributed by atoms with E-state index in [2.05, 4.69) is 10.0 Å². The van der Waals surface area contributed by atoms with Crippen LogP contribution in [-0.2, 0) is 10.0 Å². The summed E-state index contributed by atoms with van der Waals surface area (Å²) in [7, 11) is -3.44. The fourth-order valence-corrected chi connectivity index (χ4v) is 3.67. The number of rotatable bonds is 6. The molecule has 0 saturated carbocycles. The molecule has 5 nitrogen and oxygen atoms in total. The summed E-state index contributed by atoms with van der Waals surface area (Å²) in [5.74, 6) is -0.282. The molecule has 150 valence electrons. The first kappa shape index (κ1) is 20.6.